The van der Waals surface area contributed by atoms with Crippen LogP contribution in [0.2, 0.25) is 0 Å². The van der Waals surface area contributed by atoms with Crippen LogP contribution in [-0.2, 0) is 9.59 Å². The number of carboxylic acids is 1. The average Bonchev–Trinajstić information content (AvgIpc) is 2.46. The maximum Gasteiger partial charge on any atom is 0.303 e. The predicted octanol–water partition coefficient (Wildman–Crippen LogP) is 3.50. The van der Waals surface area contributed by atoms with E-state index in [0.29, 0.717) is 0 Å². The third kappa shape index (κ3) is 5.51. The van der Waals surface area contributed by atoms with Gasteiger partial charge in [0.2, 0.25) is 5.91 Å². The third-order valence-corrected chi connectivity index (χ3v) is 4.57. The molecule has 0 unspecified atom stereocenters. The number of carbonyl (C=O) groups excluding carboxylic acids is 1. The van der Waals surface area contributed by atoms with Gasteiger partial charge < -0.3 is 10.4 Å². The highest BCUT2D eigenvalue weighted by molar-refractivity contribution is 5.82. The SMILES string of the molecule is CCC1(C(=O)NCCCCCCC(=O)O)CCCCC1. The van der Waals surface area contributed by atoms with Crippen LogP contribution in [0.15, 0.2) is 0 Å². The van der Waals surface area contributed by atoms with Gasteiger partial charge in [0, 0.05) is 18.4 Å². The van der Waals surface area contributed by atoms with Crippen molar-refractivity contribution in [3.8, 4) is 0 Å². The molecule has 0 aromatic carbocycles. The molecule has 2 N–H and O–H groups in total. The van der Waals surface area contributed by atoms with Crippen molar-refractivity contribution in [2.75, 3.05) is 6.54 Å². The Kier molecular flexibility index (Phi) is 7.63. The summed E-state index contributed by atoms with van der Waals surface area (Å²) in [6.45, 7) is 2.85. The maximum absolute atomic E-state index is 12.3. The molecule has 0 aromatic rings. The summed E-state index contributed by atoms with van der Waals surface area (Å²) >= 11 is 0. The highest BCUT2D eigenvalue weighted by Crippen LogP contribution is 2.39. The number of aliphatic carboxylic acids is 1. The first kappa shape index (κ1) is 17.0. The first-order chi connectivity index (χ1) is 9.60. The molecule has 1 rings (SSSR count). The summed E-state index contributed by atoms with van der Waals surface area (Å²) in [4.78, 5) is 22.7. The molecule has 116 valence electrons. The molecule has 4 nitrogen and oxygen atoms in total. The standard InChI is InChI=1S/C16H29NO3/c1-2-16(11-7-5-8-12-16)15(20)17-13-9-4-3-6-10-14(18)19/h2-13H2,1H3,(H,17,20)(H,18,19). The van der Waals surface area contributed by atoms with E-state index in [1.807, 2.05) is 0 Å². The van der Waals surface area contributed by atoms with E-state index in [2.05, 4.69) is 12.2 Å². The molecule has 1 fully saturated rings. The molecular formula is C16H29NO3. The van der Waals surface area contributed by atoms with Gasteiger partial charge >= 0.3 is 5.97 Å². The summed E-state index contributed by atoms with van der Waals surface area (Å²) < 4.78 is 0. The van der Waals surface area contributed by atoms with Crippen molar-refractivity contribution >= 4 is 11.9 Å². The second kappa shape index (κ2) is 8.98. The Bertz CT molecular complexity index is 309. The fourth-order valence-electron chi connectivity index (χ4n) is 3.11. The number of carboxylic acid groups (broad SMARTS) is 1. The van der Waals surface area contributed by atoms with Gasteiger partial charge in [-0.2, -0.15) is 0 Å². The van der Waals surface area contributed by atoms with Crippen molar-refractivity contribution in [1.29, 1.82) is 0 Å². The quantitative estimate of drug-likeness (QED) is 0.636. The van der Waals surface area contributed by atoms with Crippen LogP contribution in [0, 0.1) is 5.41 Å². The molecule has 1 aliphatic carbocycles. The summed E-state index contributed by atoms with van der Waals surface area (Å²) in [5, 5.41) is 11.6. The van der Waals surface area contributed by atoms with Crippen molar-refractivity contribution in [3.05, 3.63) is 0 Å². The highest BCUT2D eigenvalue weighted by atomic mass is 16.4. The fraction of sp³-hybridized carbons (Fsp3) is 0.875. The van der Waals surface area contributed by atoms with Crippen LogP contribution in [0.3, 0.4) is 0 Å². The lowest BCUT2D eigenvalue weighted by molar-refractivity contribution is -0.137. The van der Waals surface area contributed by atoms with Gasteiger partial charge in [0.05, 0.1) is 0 Å². The fourth-order valence-corrected chi connectivity index (χ4v) is 3.11. The zero-order valence-corrected chi connectivity index (χ0v) is 12.7. The van der Waals surface area contributed by atoms with Crippen molar-refractivity contribution in [3.63, 3.8) is 0 Å². The van der Waals surface area contributed by atoms with Gasteiger partial charge in [0.25, 0.3) is 0 Å². The van der Waals surface area contributed by atoms with Crippen molar-refractivity contribution in [2.24, 2.45) is 5.41 Å². The molecule has 1 saturated carbocycles. The van der Waals surface area contributed by atoms with Gasteiger partial charge in [-0.3, -0.25) is 9.59 Å². The molecule has 20 heavy (non-hydrogen) atoms. The van der Waals surface area contributed by atoms with Crippen LogP contribution in [-0.4, -0.2) is 23.5 Å². The van der Waals surface area contributed by atoms with Gasteiger partial charge in [-0.25, -0.2) is 0 Å². The molecule has 0 radical (unpaired) electrons. The Morgan fingerprint density at radius 3 is 2.30 bits per heavy atom. The zero-order chi connectivity index (χ0) is 14.8. The lowest BCUT2D eigenvalue weighted by Gasteiger charge is -2.34. The smallest absolute Gasteiger partial charge is 0.303 e. The van der Waals surface area contributed by atoms with E-state index >= 15 is 0 Å². The Morgan fingerprint density at radius 1 is 1.05 bits per heavy atom. The third-order valence-electron chi connectivity index (χ3n) is 4.57. The van der Waals surface area contributed by atoms with Crippen LogP contribution in [0.4, 0.5) is 0 Å². The van der Waals surface area contributed by atoms with Crippen LogP contribution < -0.4 is 5.32 Å². The summed E-state index contributed by atoms with van der Waals surface area (Å²) in [7, 11) is 0. The molecule has 0 atom stereocenters. The van der Waals surface area contributed by atoms with Crippen molar-refractivity contribution in [1.82, 2.24) is 5.32 Å². The molecule has 0 spiro atoms. The van der Waals surface area contributed by atoms with Gasteiger partial charge in [-0.1, -0.05) is 39.0 Å². The van der Waals surface area contributed by atoms with Gasteiger partial charge in [0.1, 0.15) is 0 Å². The second-order valence-electron chi connectivity index (χ2n) is 6.01. The van der Waals surface area contributed by atoms with Crippen molar-refractivity contribution < 1.29 is 14.7 Å². The predicted molar refractivity (Wildman–Crippen MR) is 79.5 cm³/mol. The molecule has 0 saturated heterocycles. The number of carbonyl (C=O) groups is 2. The topological polar surface area (TPSA) is 66.4 Å². The van der Waals surface area contributed by atoms with E-state index in [1.165, 1.54) is 19.3 Å². The van der Waals surface area contributed by atoms with Crippen molar-refractivity contribution in [2.45, 2.75) is 77.6 Å². The number of unbranched alkanes of at least 4 members (excludes halogenated alkanes) is 3. The highest BCUT2D eigenvalue weighted by Gasteiger charge is 2.37. The van der Waals surface area contributed by atoms with E-state index in [1.54, 1.807) is 0 Å². The molecule has 0 aromatic heterocycles. The first-order valence-corrected chi connectivity index (χ1v) is 8.11. The summed E-state index contributed by atoms with van der Waals surface area (Å²) in [5.74, 6) is -0.481. The number of nitrogens with one attached hydrogen (secondary N) is 1. The first-order valence-electron chi connectivity index (χ1n) is 8.11. The van der Waals surface area contributed by atoms with Crippen LogP contribution in [0.25, 0.3) is 0 Å². The molecule has 0 bridgehead atoms. The summed E-state index contributed by atoms with van der Waals surface area (Å²) in [6, 6.07) is 0. The van der Waals surface area contributed by atoms with Crippen LogP contribution in [0.1, 0.15) is 77.6 Å². The Morgan fingerprint density at radius 2 is 1.70 bits per heavy atom. The van der Waals surface area contributed by atoms with Crippen LogP contribution in [0.5, 0.6) is 0 Å². The number of hydrogen-bond donors (Lipinski definition) is 2. The lowest BCUT2D eigenvalue weighted by atomic mass is 9.71. The van der Waals surface area contributed by atoms with E-state index in [0.717, 1.165) is 51.5 Å². The molecule has 4 heteroatoms. The molecule has 0 heterocycles. The molecule has 1 amide bonds. The van der Waals surface area contributed by atoms with E-state index < -0.39 is 5.97 Å². The van der Waals surface area contributed by atoms with E-state index in [9.17, 15) is 9.59 Å². The maximum atomic E-state index is 12.3. The van der Waals surface area contributed by atoms with Gasteiger partial charge in [0.15, 0.2) is 0 Å². The normalized spacial score (nSPS) is 17.6. The largest absolute Gasteiger partial charge is 0.481 e. The Hall–Kier alpha value is -1.06. The van der Waals surface area contributed by atoms with Gasteiger partial charge in [-0.05, 0) is 32.1 Å². The molecule has 1 aliphatic rings. The number of hydrogen-bond acceptors (Lipinski definition) is 2. The number of rotatable bonds is 9. The van der Waals surface area contributed by atoms with Crippen LogP contribution >= 0.6 is 0 Å². The second-order valence-corrected chi connectivity index (χ2v) is 6.01. The monoisotopic (exact) mass is 283 g/mol. The minimum absolute atomic E-state index is 0.110. The van der Waals surface area contributed by atoms with E-state index in [-0.39, 0.29) is 17.7 Å². The molecular weight excluding hydrogens is 254 g/mol. The van der Waals surface area contributed by atoms with Gasteiger partial charge in [-0.15, -0.1) is 0 Å². The summed E-state index contributed by atoms with van der Waals surface area (Å²) in [6.07, 6.45) is 10.5. The average molecular weight is 283 g/mol. The zero-order valence-electron chi connectivity index (χ0n) is 12.7. The Labute approximate surface area is 122 Å². The minimum Gasteiger partial charge on any atom is -0.481 e. The molecule has 0 aliphatic heterocycles. The van der Waals surface area contributed by atoms with E-state index in [4.69, 9.17) is 5.11 Å². The number of amides is 1. The minimum atomic E-state index is -0.722. The summed E-state index contributed by atoms with van der Waals surface area (Å²) in [5.41, 5.74) is -0.110. The lowest BCUT2D eigenvalue weighted by Crippen LogP contribution is -2.42. The Balaban J connectivity index is 2.14.